The Labute approximate surface area is 131 Å². The summed E-state index contributed by atoms with van der Waals surface area (Å²) in [7, 11) is 0. The van der Waals surface area contributed by atoms with E-state index >= 15 is 0 Å². The maximum absolute atomic E-state index is 3.60. The van der Waals surface area contributed by atoms with Crippen LogP contribution in [0.1, 0.15) is 38.5 Å². The van der Waals surface area contributed by atoms with E-state index in [9.17, 15) is 0 Å². The Kier molecular flexibility index (Phi) is 5.00. The summed E-state index contributed by atoms with van der Waals surface area (Å²) in [5.41, 5.74) is 1.21. The van der Waals surface area contributed by atoms with Gasteiger partial charge in [0, 0.05) is 29.3 Å². The van der Waals surface area contributed by atoms with E-state index in [1.54, 1.807) is 0 Å². The Morgan fingerprint density at radius 1 is 1.10 bits per heavy atom. The van der Waals surface area contributed by atoms with Crippen LogP contribution in [0.4, 0.5) is 5.69 Å². The highest BCUT2D eigenvalue weighted by atomic mass is 79.9. The largest absolute Gasteiger partial charge is 0.383 e. The first-order valence-electron chi connectivity index (χ1n) is 8.07. The molecule has 1 heterocycles. The minimum Gasteiger partial charge on any atom is -0.383 e. The molecular weight excluding hydrogens is 312 g/mol. The molecule has 1 aromatic carbocycles. The van der Waals surface area contributed by atoms with Crippen LogP contribution in [-0.2, 0) is 0 Å². The number of benzene rings is 1. The van der Waals surface area contributed by atoms with Gasteiger partial charge in [0.25, 0.3) is 0 Å². The molecule has 2 fully saturated rings. The van der Waals surface area contributed by atoms with Crippen molar-refractivity contribution in [3.05, 3.63) is 28.7 Å². The highest BCUT2D eigenvalue weighted by Crippen LogP contribution is 2.35. The molecule has 0 spiro atoms. The van der Waals surface area contributed by atoms with Crippen molar-refractivity contribution in [2.45, 2.75) is 44.6 Å². The van der Waals surface area contributed by atoms with Crippen LogP contribution in [0.5, 0.6) is 0 Å². The molecule has 1 aliphatic carbocycles. The van der Waals surface area contributed by atoms with E-state index in [-0.39, 0.29) is 0 Å². The van der Waals surface area contributed by atoms with Gasteiger partial charge in [-0.05, 0) is 66.2 Å². The van der Waals surface area contributed by atoms with Gasteiger partial charge in [-0.3, -0.25) is 4.90 Å². The quantitative estimate of drug-likeness (QED) is 0.869. The molecule has 3 rings (SSSR count). The molecule has 3 heteroatoms. The number of nitrogens with one attached hydrogen (secondary N) is 1. The predicted octanol–water partition coefficient (Wildman–Crippen LogP) is 4.52. The van der Waals surface area contributed by atoms with E-state index in [0.717, 1.165) is 23.0 Å². The van der Waals surface area contributed by atoms with Crippen molar-refractivity contribution in [2.24, 2.45) is 5.92 Å². The Morgan fingerprint density at radius 3 is 2.80 bits per heavy atom. The van der Waals surface area contributed by atoms with Crippen molar-refractivity contribution in [3.63, 3.8) is 0 Å². The van der Waals surface area contributed by atoms with Crippen LogP contribution in [0.25, 0.3) is 0 Å². The molecule has 0 radical (unpaired) electrons. The highest BCUT2D eigenvalue weighted by molar-refractivity contribution is 9.10. The summed E-state index contributed by atoms with van der Waals surface area (Å²) in [6.07, 6.45) is 8.67. The smallest absolute Gasteiger partial charge is 0.0485 e. The first-order valence-corrected chi connectivity index (χ1v) is 8.86. The zero-order valence-corrected chi connectivity index (χ0v) is 13.7. The first kappa shape index (κ1) is 14.4. The van der Waals surface area contributed by atoms with Crippen LogP contribution < -0.4 is 5.32 Å². The number of anilines is 1. The summed E-state index contributed by atoms with van der Waals surface area (Å²) >= 11 is 3.60. The second kappa shape index (κ2) is 6.95. The van der Waals surface area contributed by atoms with Gasteiger partial charge in [-0.1, -0.05) is 25.0 Å². The lowest BCUT2D eigenvalue weighted by Crippen LogP contribution is -2.48. The average Bonchev–Trinajstić information content (AvgIpc) is 2.49. The van der Waals surface area contributed by atoms with Crippen LogP contribution in [0.3, 0.4) is 0 Å². The van der Waals surface area contributed by atoms with Gasteiger partial charge in [0.2, 0.25) is 0 Å². The number of hydrogen-bond acceptors (Lipinski definition) is 2. The van der Waals surface area contributed by atoms with Crippen molar-refractivity contribution in [2.75, 3.05) is 25.0 Å². The van der Waals surface area contributed by atoms with Gasteiger partial charge in [-0.2, -0.15) is 0 Å². The van der Waals surface area contributed by atoms with Gasteiger partial charge in [0.15, 0.2) is 0 Å². The summed E-state index contributed by atoms with van der Waals surface area (Å²) in [5, 5.41) is 3.57. The van der Waals surface area contributed by atoms with E-state index in [2.05, 4.69) is 50.4 Å². The van der Waals surface area contributed by atoms with Gasteiger partial charge < -0.3 is 5.32 Å². The van der Waals surface area contributed by atoms with Crippen LogP contribution >= 0.6 is 15.9 Å². The molecule has 0 amide bonds. The number of nitrogens with zero attached hydrogens (tertiary/aromatic N) is 1. The summed E-state index contributed by atoms with van der Waals surface area (Å²) < 4.78 is 1.16. The SMILES string of the molecule is Brc1ccccc1NCCN1CCC[C@H]2CCCC[C@H]21. The summed E-state index contributed by atoms with van der Waals surface area (Å²) in [5.74, 6) is 0.987. The zero-order chi connectivity index (χ0) is 13.8. The summed E-state index contributed by atoms with van der Waals surface area (Å²) in [6, 6.07) is 9.26. The molecule has 1 aromatic rings. The van der Waals surface area contributed by atoms with Crippen LogP contribution in [0, 0.1) is 5.92 Å². The molecule has 1 saturated heterocycles. The molecule has 20 heavy (non-hydrogen) atoms. The van der Waals surface area contributed by atoms with Crippen LogP contribution in [0.2, 0.25) is 0 Å². The molecule has 1 saturated carbocycles. The molecule has 110 valence electrons. The number of piperidine rings is 1. The molecule has 0 aromatic heterocycles. The Bertz CT molecular complexity index is 433. The minimum absolute atomic E-state index is 0.874. The second-order valence-electron chi connectivity index (χ2n) is 6.20. The van der Waals surface area contributed by atoms with Crippen molar-refractivity contribution in [1.29, 1.82) is 0 Å². The van der Waals surface area contributed by atoms with E-state index in [1.165, 1.54) is 57.3 Å². The van der Waals surface area contributed by atoms with Crippen molar-refractivity contribution >= 4 is 21.6 Å². The standard InChI is InChI=1S/C17H25BrN2/c18-15-8-2-3-9-16(15)19-11-13-20-12-5-7-14-6-1-4-10-17(14)20/h2-3,8-9,14,17,19H,1,4-7,10-13H2/t14-,17-/m1/s1. The van der Waals surface area contributed by atoms with E-state index in [1.807, 2.05) is 0 Å². The number of fused-ring (bicyclic) bond motifs is 1. The van der Waals surface area contributed by atoms with E-state index < -0.39 is 0 Å². The fraction of sp³-hybridized carbons (Fsp3) is 0.647. The predicted molar refractivity (Wildman–Crippen MR) is 89.2 cm³/mol. The fourth-order valence-corrected chi connectivity index (χ4v) is 4.37. The number of halogens is 1. The normalized spacial score (nSPS) is 27.1. The van der Waals surface area contributed by atoms with Gasteiger partial charge in [0.05, 0.1) is 0 Å². The fourth-order valence-electron chi connectivity index (χ4n) is 3.94. The summed E-state index contributed by atoms with van der Waals surface area (Å²) in [4.78, 5) is 2.75. The highest BCUT2D eigenvalue weighted by Gasteiger charge is 2.32. The number of likely N-dealkylation sites (tertiary alicyclic amines) is 1. The average molecular weight is 337 g/mol. The van der Waals surface area contributed by atoms with Crippen molar-refractivity contribution < 1.29 is 0 Å². The first-order chi connectivity index (χ1) is 9.84. The van der Waals surface area contributed by atoms with Gasteiger partial charge in [-0.15, -0.1) is 0 Å². The lowest BCUT2D eigenvalue weighted by atomic mass is 9.78. The molecule has 0 bridgehead atoms. The topological polar surface area (TPSA) is 15.3 Å². The summed E-state index contributed by atoms with van der Waals surface area (Å²) in [6.45, 7) is 3.53. The number of hydrogen-bond donors (Lipinski definition) is 1. The third-order valence-corrected chi connectivity index (χ3v) is 5.64. The Hall–Kier alpha value is -0.540. The van der Waals surface area contributed by atoms with E-state index in [4.69, 9.17) is 0 Å². The number of rotatable bonds is 4. The van der Waals surface area contributed by atoms with Crippen LogP contribution in [-0.4, -0.2) is 30.6 Å². The molecule has 2 atom stereocenters. The van der Waals surface area contributed by atoms with Crippen LogP contribution in [0.15, 0.2) is 28.7 Å². The Balaban J connectivity index is 1.51. The van der Waals surface area contributed by atoms with E-state index in [0.29, 0.717) is 0 Å². The maximum Gasteiger partial charge on any atom is 0.0485 e. The van der Waals surface area contributed by atoms with Gasteiger partial charge in [0.1, 0.15) is 0 Å². The molecule has 2 nitrogen and oxygen atoms in total. The third-order valence-electron chi connectivity index (χ3n) is 4.95. The number of para-hydroxylation sites is 1. The minimum atomic E-state index is 0.874. The zero-order valence-electron chi connectivity index (χ0n) is 12.2. The van der Waals surface area contributed by atoms with Gasteiger partial charge >= 0.3 is 0 Å². The lowest BCUT2D eigenvalue weighted by Gasteiger charge is -2.44. The molecular formula is C17H25BrN2. The second-order valence-corrected chi connectivity index (χ2v) is 7.05. The molecule has 0 unspecified atom stereocenters. The Morgan fingerprint density at radius 2 is 1.90 bits per heavy atom. The lowest BCUT2D eigenvalue weighted by molar-refractivity contribution is 0.0645. The molecule has 2 aliphatic rings. The van der Waals surface area contributed by atoms with Crippen molar-refractivity contribution in [1.82, 2.24) is 4.90 Å². The third kappa shape index (κ3) is 3.37. The maximum atomic E-state index is 3.60. The van der Waals surface area contributed by atoms with Crippen molar-refractivity contribution in [3.8, 4) is 0 Å². The molecule has 1 N–H and O–H groups in total. The monoisotopic (exact) mass is 336 g/mol. The van der Waals surface area contributed by atoms with Gasteiger partial charge in [-0.25, -0.2) is 0 Å². The molecule has 1 aliphatic heterocycles.